The lowest BCUT2D eigenvalue weighted by Gasteiger charge is -2.40. The first-order valence-corrected chi connectivity index (χ1v) is 15.5. The van der Waals surface area contributed by atoms with Crippen LogP contribution in [0.25, 0.3) is 5.69 Å². The van der Waals surface area contributed by atoms with E-state index in [1.807, 2.05) is 36.7 Å². The molecule has 2 aromatic rings. The lowest BCUT2D eigenvalue weighted by molar-refractivity contribution is -0.140. The van der Waals surface area contributed by atoms with Crippen LogP contribution in [0.5, 0.6) is 0 Å². The second kappa shape index (κ2) is 12.5. The van der Waals surface area contributed by atoms with Gasteiger partial charge in [-0.2, -0.15) is 18.3 Å². The molecule has 240 valence electrons. The average molecular weight is 640 g/mol. The standard InChI is InChI=1S/C32H39ClF5N5O/c1-19-15-23(5-6-27(19)33)43-29(39-20(2)40-43)21-8-12-42(13-9-21)30(44)25-17-24(41(4)14-11-32(36,37)38)18-26(25)31(3)10-7-22(34)16-28(31)35/h5-7,15-16,21,24-26H,8-14,17-18H2,1-4H3. The molecule has 0 bridgehead atoms. The number of benzene rings is 1. The largest absolute Gasteiger partial charge is 0.390 e. The molecule has 2 heterocycles. The van der Waals surface area contributed by atoms with E-state index in [9.17, 15) is 22.4 Å². The summed E-state index contributed by atoms with van der Waals surface area (Å²) in [7, 11) is 1.63. The maximum Gasteiger partial charge on any atom is 0.390 e. The Balaban J connectivity index is 1.33. The monoisotopic (exact) mass is 639 g/mol. The molecule has 1 saturated heterocycles. The van der Waals surface area contributed by atoms with Gasteiger partial charge in [-0.3, -0.25) is 4.79 Å². The number of halogens is 6. The average Bonchev–Trinajstić information content (AvgIpc) is 3.60. The number of aromatic nitrogens is 3. The van der Waals surface area contributed by atoms with Gasteiger partial charge in [0.1, 0.15) is 23.3 Å². The molecule has 0 N–H and O–H groups in total. The highest BCUT2D eigenvalue weighted by Crippen LogP contribution is 2.54. The zero-order chi connectivity index (χ0) is 32.0. The fraction of sp³-hybridized carbons (Fsp3) is 0.594. The summed E-state index contributed by atoms with van der Waals surface area (Å²) in [6.07, 6.45) is -0.966. The van der Waals surface area contributed by atoms with Crippen LogP contribution in [0.15, 0.2) is 42.0 Å². The number of hydrogen-bond donors (Lipinski definition) is 0. The SMILES string of the molecule is Cc1nc(C2CCN(C(=O)C3CC(N(C)CCC(F)(F)F)CC3C3(C)CC=C(F)C=C3F)CC2)n(-c2ccc(Cl)c(C)c2)n1. The van der Waals surface area contributed by atoms with Crippen molar-refractivity contribution in [2.75, 3.05) is 26.7 Å². The Labute approximate surface area is 259 Å². The summed E-state index contributed by atoms with van der Waals surface area (Å²) in [5, 5.41) is 5.28. The summed E-state index contributed by atoms with van der Waals surface area (Å²) in [5.74, 6) is -0.948. The Morgan fingerprint density at radius 1 is 1.16 bits per heavy atom. The smallest absolute Gasteiger partial charge is 0.342 e. The Kier molecular flexibility index (Phi) is 9.29. The van der Waals surface area contributed by atoms with E-state index in [-0.39, 0.29) is 30.8 Å². The first kappa shape index (κ1) is 32.6. The molecule has 1 aromatic carbocycles. The predicted octanol–water partition coefficient (Wildman–Crippen LogP) is 7.64. The molecule has 4 atom stereocenters. The van der Waals surface area contributed by atoms with E-state index in [0.717, 1.165) is 23.2 Å². The van der Waals surface area contributed by atoms with Crippen molar-refractivity contribution in [3.63, 3.8) is 0 Å². The van der Waals surface area contributed by atoms with Gasteiger partial charge in [0.25, 0.3) is 0 Å². The molecule has 4 unspecified atom stereocenters. The Hall–Kier alpha value is -2.79. The number of likely N-dealkylation sites (tertiary alicyclic amines) is 1. The minimum absolute atomic E-state index is 0.0567. The van der Waals surface area contributed by atoms with Crippen molar-refractivity contribution in [2.24, 2.45) is 17.3 Å². The van der Waals surface area contributed by atoms with Gasteiger partial charge in [0, 0.05) is 54.0 Å². The summed E-state index contributed by atoms with van der Waals surface area (Å²) in [5.41, 5.74) is 0.670. The highest BCUT2D eigenvalue weighted by molar-refractivity contribution is 6.31. The topological polar surface area (TPSA) is 54.3 Å². The van der Waals surface area contributed by atoms with Crippen LogP contribution in [0.1, 0.15) is 68.6 Å². The van der Waals surface area contributed by atoms with E-state index in [1.165, 1.54) is 6.08 Å². The molecule has 1 amide bonds. The Morgan fingerprint density at radius 2 is 1.86 bits per heavy atom. The minimum atomic E-state index is -4.30. The third kappa shape index (κ3) is 6.73. The fourth-order valence-electron chi connectivity index (χ4n) is 7.15. The lowest BCUT2D eigenvalue weighted by atomic mass is 9.67. The number of piperidine rings is 1. The zero-order valence-electron chi connectivity index (χ0n) is 25.5. The van der Waals surface area contributed by atoms with Crippen LogP contribution >= 0.6 is 11.6 Å². The number of carbonyl (C=O) groups is 1. The summed E-state index contributed by atoms with van der Waals surface area (Å²) in [6, 6.07) is 5.36. The second-order valence-corrected chi connectivity index (χ2v) is 13.3. The minimum Gasteiger partial charge on any atom is -0.342 e. The molecule has 0 radical (unpaired) electrons. The number of amides is 1. The molecular weight excluding hydrogens is 601 g/mol. The molecule has 2 fully saturated rings. The van der Waals surface area contributed by atoms with Crippen LogP contribution in [-0.4, -0.2) is 69.4 Å². The number of rotatable bonds is 7. The maximum absolute atomic E-state index is 15.4. The van der Waals surface area contributed by atoms with Crippen LogP contribution in [0.2, 0.25) is 5.02 Å². The number of aryl methyl sites for hydroxylation is 2. The van der Waals surface area contributed by atoms with E-state index in [2.05, 4.69) is 5.10 Å². The van der Waals surface area contributed by atoms with Crippen molar-refractivity contribution in [2.45, 2.75) is 77.4 Å². The summed E-state index contributed by atoms with van der Waals surface area (Å²) in [6.45, 7) is 6.20. The Morgan fingerprint density at radius 3 is 2.50 bits per heavy atom. The van der Waals surface area contributed by atoms with E-state index in [1.54, 1.807) is 23.8 Å². The fourth-order valence-corrected chi connectivity index (χ4v) is 7.27. The van der Waals surface area contributed by atoms with Crippen LogP contribution < -0.4 is 0 Å². The number of nitrogens with zero attached hydrogens (tertiary/aromatic N) is 5. The lowest BCUT2D eigenvalue weighted by Crippen LogP contribution is -2.45. The maximum atomic E-state index is 15.4. The highest BCUT2D eigenvalue weighted by atomic mass is 35.5. The van der Waals surface area contributed by atoms with Crippen LogP contribution in [-0.2, 0) is 4.79 Å². The molecule has 2 aliphatic carbocycles. The van der Waals surface area contributed by atoms with Gasteiger partial charge in [0.15, 0.2) is 0 Å². The summed E-state index contributed by atoms with van der Waals surface area (Å²) in [4.78, 5) is 22.3. The van der Waals surface area contributed by atoms with E-state index < -0.39 is 41.5 Å². The summed E-state index contributed by atoms with van der Waals surface area (Å²) < 4.78 is 70.1. The van der Waals surface area contributed by atoms with Crippen molar-refractivity contribution >= 4 is 17.5 Å². The molecule has 1 aliphatic heterocycles. The zero-order valence-corrected chi connectivity index (χ0v) is 26.2. The van der Waals surface area contributed by atoms with Crippen molar-refractivity contribution in [1.29, 1.82) is 0 Å². The normalized spacial score (nSPS) is 26.7. The van der Waals surface area contributed by atoms with Gasteiger partial charge in [-0.15, -0.1) is 0 Å². The van der Waals surface area contributed by atoms with Crippen molar-refractivity contribution < 1.29 is 26.7 Å². The number of alkyl halides is 3. The van der Waals surface area contributed by atoms with Gasteiger partial charge in [-0.05, 0) is 88.8 Å². The second-order valence-electron chi connectivity index (χ2n) is 12.8. The van der Waals surface area contributed by atoms with E-state index >= 15 is 4.39 Å². The first-order valence-electron chi connectivity index (χ1n) is 15.2. The van der Waals surface area contributed by atoms with Crippen molar-refractivity contribution in [3.05, 3.63) is 64.2 Å². The highest BCUT2D eigenvalue weighted by Gasteiger charge is 2.52. The van der Waals surface area contributed by atoms with Crippen LogP contribution in [0.4, 0.5) is 22.0 Å². The number of carbonyl (C=O) groups excluding carboxylic acids is 1. The Bertz CT molecular complexity index is 1450. The van der Waals surface area contributed by atoms with Crippen LogP contribution in [0.3, 0.4) is 0 Å². The van der Waals surface area contributed by atoms with Gasteiger partial charge < -0.3 is 9.80 Å². The van der Waals surface area contributed by atoms with Gasteiger partial charge >= 0.3 is 6.18 Å². The van der Waals surface area contributed by atoms with Gasteiger partial charge in [0.2, 0.25) is 5.91 Å². The molecule has 3 aliphatic rings. The number of allylic oxidation sites excluding steroid dienone is 4. The van der Waals surface area contributed by atoms with E-state index in [4.69, 9.17) is 16.6 Å². The van der Waals surface area contributed by atoms with Crippen molar-refractivity contribution in [1.82, 2.24) is 24.6 Å². The van der Waals surface area contributed by atoms with Crippen molar-refractivity contribution in [3.8, 4) is 5.69 Å². The summed E-state index contributed by atoms with van der Waals surface area (Å²) >= 11 is 6.23. The third-order valence-electron chi connectivity index (χ3n) is 9.87. The third-order valence-corrected chi connectivity index (χ3v) is 10.3. The predicted molar refractivity (Wildman–Crippen MR) is 159 cm³/mol. The van der Waals surface area contributed by atoms with Gasteiger partial charge in [-0.25, -0.2) is 18.4 Å². The van der Waals surface area contributed by atoms with Gasteiger partial charge in [-0.1, -0.05) is 18.5 Å². The molecular formula is C32H39ClF5N5O. The molecule has 5 rings (SSSR count). The molecule has 6 nitrogen and oxygen atoms in total. The quantitative estimate of drug-likeness (QED) is 0.292. The molecule has 1 saturated carbocycles. The molecule has 44 heavy (non-hydrogen) atoms. The molecule has 0 spiro atoms. The number of hydrogen-bond acceptors (Lipinski definition) is 4. The van der Waals surface area contributed by atoms with Gasteiger partial charge in [0.05, 0.1) is 12.1 Å². The molecule has 1 aromatic heterocycles. The first-order chi connectivity index (χ1) is 20.7. The van der Waals surface area contributed by atoms with E-state index in [0.29, 0.717) is 49.6 Å². The van der Waals surface area contributed by atoms with Crippen LogP contribution in [0, 0.1) is 31.1 Å². The molecule has 12 heteroatoms.